The third-order valence-electron chi connectivity index (χ3n) is 2.37. The monoisotopic (exact) mass is 174 g/mol. The Kier molecular flexibility index (Phi) is 1.83. The Balaban J connectivity index is 2.80. The maximum atomic E-state index is 4.42. The van der Waals surface area contributed by atoms with Gasteiger partial charge in [-0.3, -0.25) is 4.98 Å². The first kappa shape index (κ1) is 8.30. The van der Waals surface area contributed by atoms with Crippen LogP contribution in [-0.4, -0.2) is 9.97 Å². The molecule has 0 atom stereocenters. The molecular formula is C11H14N2. The van der Waals surface area contributed by atoms with Gasteiger partial charge in [0.05, 0.1) is 5.69 Å². The van der Waals surface area contributed by atoms with Gasteiger partial charge in [-0.2, -0.15) is 0 Å². The topological polar surface area (TPSA) is 28.7 Å². The second kappa shape index (κ2) is 2.87. The van der Waals surface area contributed by atoms with Gasteiger partial charge in [-0.25, -0.2) is 0 Å². The van der Waals surface area contributed by atoms with Gasteiger partial charge in [0.2, 0.25) is 0 Å². The minimum Gasteiger partial charge on any atom is -0.361 e. The third kappa shape index (κ3) is 1.22. The minimum atomic E-state index is 0.484. The lowest BCUT2D eigenvalue weighted by molar-refractivity contribution is 0.834. The summed E-state index contributed by atoms with van der Waals surface area (Å²) in [6, 6.07) is 2.02. The Morgan fingerprint density at radius 3 is 2.85 bits per heavy atom. The lowest BCUT2D eigenvalue weighted by Gasteiger charge is -2.05. The predicted octanol–water partition coefficient (Wildman–Crippen LogP) is 2.99. The van der Waals surface area contributed by atoms with Crippen molar-refractivity contribution in [3.05, 3.63) is 29.7 Å². The zero-order valence-corrected chi connectivity index (χ0v) is 8.26. The molecule has 0 saturated heterocycles. The van der Waals surface area contributed by atoms with E-state index in [0.29, 0.717) is 5.92 Å². The summed E-state index contributed by atoms with van der Waals surface area (Å²) >= 11 is 0. The largest absolute Gasteiger partial charge is 0.361 e. The van der Waals surface area contributed by atoms with E-state index in [4.69, 9.17) is 0 Å². The molecule has 0 aliphatic carbocycles. The molecular weight excluding hydrogens is 160 g/mol. The van der Waals surface area contributed by atoms with Crippen LogP contribution in [0.15, 0.2) is 18.5 Å². The molecule has 0 fully saturated rings. The fraction of sp³-hybridized carbons (Fsp3) is 0.364. The van der Waals surface area contributed by atoms with Gasteiger partial charge < -0.3 is 4.98 Å². The molecule has 2 heteroatoms. The van der Waals surface area contributed by atoms with Gasteiger partial charge in [-0.15, -0.1) is 0 Å². The first-order chi connectivity index (χ1) is 6.20. The van der Waals surface area contributed by atoms with Gasteiger partial charge in [0.15, 0.2) is 0 Å². The third-order valence-corrected chi connectivity index (χ3v) is 2.37. The minimum absolute atomic E-state index is 0.484. The average molecular weight is 174 g/mol. The highest BCUT2D eigenvalue weighted by Crippen LogP contribution is 2.25. The van der Waals surface area contributed by atoms with Gasteiger partial charge in [0.25, 0.3) is 0 Å². The van der Waals surface area contributed by atoms with Crippen LogP contribution in [0.25, 0.3) is 10.9 Å². The van der Waals surface area contributed by atoms with Crippen LogP contribution in [0.3, 0.4) is 0 Å². The maximum absolute atomic E-state index is 4.42. The molecule has 0 amide bonds. The Morgan fingerprint density at radius 1 is 1.38 bits per heavy atom. The molecule has 2 aromatic heterocycles. The second-order valence-electron chi connectivity index (χ2n) is 3.75. The number of aromatic amines is 1. The molecule has 0 saturated carbocycles. The first-order valence-corrected chi connectivity index (χ1v) is 4.62. The van der Waals surface area contributed by atoms with Crippen molar-refractivity contribution in [1.29, 1.82) is 0 Å². The van der Waals surface area contributed by atoms with E-state index in [9.17, 15) is 0 Å². The quantitative estimate of drug-likeness (QED) is 0.707. The predicted molar refractivity (Wildman–Crippen MR) is 54.9 cm³/mol. The Labute approximate surface area is 78.0 Å². The summed E-state index contributed by atoms with van der Waals surface area (Å²) < 4.78 is 0. The second-order valence-corrected chi connectivity index (χ2v) is 3.75. The molecule has 0 spiro atoms. The van der Waals surface area contributed by atoms with E-state index in [-0.39, 0.29) is 0 Å². The van der Waals surface area contributed by atoms with E-state index in [2.05, 4.69) is 30.7 Å². The van der Waals surface area contributed by atoms with Crippen molar-refractivity contribution >= 4 is 10.9 Å². The summed E-state index contributed by atoms with van der Waals surface area (Å²) in [7, 11) is 0. The SMILES string of the molecule is Cc1c[nH]c2ccnc(C(C)C)c12. The zero-order valence-electron chi connectivity index (χ0n) is 8.26. The van der Waals surface area contributed by atoms with Crippen molar-refractivity contribution in [3.63, 3.8) is 0 Å². The summed E-state index contributed by atoms with van der Waals surface area (Å²) in [6.45, 7) is 6.47. The van der Waals surface area contributed by atoms with Gasteiger partial charge >= 0.3 is 0 Å². The van der Waals surface area contributed by atoms with Gasteiger partial charge in [-0.05, 0) is 24.5 Å². The molecule has 0 bridgehead atoms. The molecule has 0 radical (unpaired) electrons. The molecule has 2 nitrogen and oxygen atoms in total. The number of nitrogens with one attached hydrogen (secondary N) is 1. The van der Waals surface area contributed by atoms with Crippen molar-refractivity contribution in [3.8, 4) is 0 Å². The normalized spacial score (nSPS) is 11.4. The lowest BCUT2D eigenvalue weighted by atomic mass is 10.0. The highest BCUT2D eigenvalue weighted by molar-refractivity contribution is 5.85. The maximum Gasteiger partial charge on any atom is 0.0525 e. The Hall–Kier alpha value is -1.31. The van der Waals surface area contributed by atoms with Crippen LogP contribution in [0.4, 0.5) is 0 Å². The van der Waals surface area contributed by atoms with Crippen molar-refractivity contribution in [2.45, 2.75) is 26.7 Å². The van der Waals surface area contributed by atoms with E-state index in [0.717, 1.165) is 0 Å². The summed E-state index contributed by atoms with van der Waals surface area (Å²) in [5.74, 6) is 0.484. The van der Waals surface area contributed by atoms with Gasteiger partial charge in [0.1, 0.15) is 0 Å². The fourth-order valence-corrected chi connectivity index (χ4v) is 1.71. The smallest absolute Gasteiger partial charge is 0.0525 e. The number of hydrogen-bond acceptors (Lipinski definition) is 1. The molecule has 0 unspecified atom stereocenters. The molecule has 2 rings (SSSR count). The number of rotatable bonds is 1. The van der Waals surface area contributed by atoms with Gasteiger partial charge in [-0.1, -0.05) is 13.8 Å². The van der Waals surface area contributed by atoms with Crippen molar-refractivity contribution in [2.24, 2.45) is 0 Å². The van der Waals surface area contributed by atoms with Gasteiger partial charge in [0, 0.05) is 23.3 Å². The van der Waals surface area contributed by atoms with Crippen LogP contribution < -0.4 is 0 Å². The number of H-pyrrole nitrogens is 1. The van der Waals surface area contributed by atoms with Crippen LogP contribution in [0.2, 0.25) is 0 Å². The molecule has 0 aromatic carbocycles. The van der Waals surface area contributed by atoms with E-state index in [1.165, 1.54) is 22.2 Å². The summed E-state index contributed by atoms with van der Waals surface area (Å²) in [4.78, 5) is 7.66. The van der Waals surface area contributed by atoms with E-state index in [1.54, 1.807) is 0 Å². The Bertz CT molecular complexity index is 427. The van der Waals surface area contributed by atoms with Crippen molar-refractivity contribution in [1.82, 2.24) is 9.97 Å². The Morgan fingerprint density at radius 2 is 2.15 bits per heavy atom. The number of nitrogens with zero attached hydrogens (tertiary/aromatic N) is 1. The van der Waals surface area contributed by atoms with E-state index in [1.807, 2.05) is 18.5 Å². The van der Waals surface area contributed by atoms with Crippen LogP contribution in [0.1, 0.15) is 31.0 Å². The number of aromatic nitrogens is 2. The molecule has 13 heavy (non-hydrogen) atoms. The first-order valence-electron chi connectivity index (χ1n) is 4.62. The summed E-state index contributed by atoms with van der Waals surface area (Å²) in [6.07, 6.45) is 3.91. The van der Waals surface area contributed by atoms with Crippen LogP contribution >= 0.6 is 0 Å². The molecule has 2 aromatic rings. The lowest BCUT2D eigenvalue weighted by Crippen LogP contribution is -1.93. The molecule has 0 aliphatic heterocycles. The van der Waals surface area contributed by atoms with E-state index < -0.39 is 0 Å². The van der Waals surface area contributed by atoms with Crippen LogP contribution in [0, 0.1) is 6.92 Å². The average Bonchev–Trinajstić information content (AvgIpc) is 2.48. The standard InChI is InChI=1S/C11H14N2/c1-7(2)11-10-8(3)6-13-9(10)4-5-12-11/h4-7,13H,1-3H3. The van der Waals surface area contributed by atoms with E-state index >= 15 is 0 Å². The number of aryl methyl sites for hydroxylation is 1. The van der Waals surface area contributed by atoms with Crippen molar-refractivity contribution < 1.29 is 0 Å². The summed E-state index contributed by atoms with van der Waals surface area (Å²) in [5.41, 5.74) is 3.67. The van der Waals surface area contributed by atoms with Crippen LogP contribution in [0.5, 0.6) is 0 Å². The zero-order chi connectivity index (χ0) is 9.42. The number of pyridine rings is 1. The highest BCUT2D eigenvalue weighted by atomic mass is 14.7. The molecule has 1 N–H and O–H groups in total. The summed E-state index contributed by atoms with van der Waals surface area (Å²) in [5, 5.41) is 1.29. The number of fused-ring (bicyclic) bond motifs is 1. The molecule has 68 valence electrons. The fourth-order valence-electron chi connectivity index (χ4n) is 1.71. The number of hydrogen-bond donors (Lipinski definition) is 1. The van der Waals surface area contributed by atoms with Crippen LogP contribution in [-0.2, 0) is 0 Å². The molecule has 0 aliphatic rings. The highest BCUT2D eigenvalue weighted by Gasteiger charge is 2.09. The molecule has 2 heterocycles. The van der Waals surface area contributed by atoms with Crippen molar-refractivity contribution in [2.75, 3.05) is 0 Å².